The van der Waals surface area contributed by atoms with Crippen LogP contribution in [0.1, 0.15) is 26.7 Å². The summed E-state index contributed by atoms with van der Waals surface area (Å²) in [5, 5.41) is 4.54. The van der Waals surface area contributed by atoms with Gasteiger partial charge in [0.05, 0.1) is 5.69 Å². The topological polar surface area (TPSA) is 105 Å². The van der Waals surface area contributed by atoms with E-state index in [2.05, 4.69) is 5.32 Å². The normalized spacial score (nSPS) is 22.3. The fourth-order valence-corrected chi connectivity index (χ4v) is 3.07. The predicted molar refractivity (Wildman–Crippen MR) is 91.9 cm³/mol. The quantitative estimate of drug-likeness (QED) is 0.420. The van der Waals surface area contributed by atoms with Crippen LogP contribution in [0.4, 0.5) is 23.7 Å². The third-order valence-corrected chi connectivity index (χ3v) is 4.95. The maximum Gasteiger partial charge on any atom is 0.327 e. The van der Waals surface area contributed by atoms with E-state index in [1.807, 2.05) is 5.32 Å². The highest BCUT2D eigenvalue weighted by molar-refractivity contribution is 6.09. The average Bonchev–Trinajstić information content (AvgIpc) is 3.48. The van der Waals surface area contributed by atoms with E-state index in [1.54, 1.807) is 6.92 Å². The molecule has 1 saturated heterocycles. The van der Waals surface area contributed by atoms with E-state index in [-0.39, 0.29) is 5.92 Å². The van der Waals surface area contributed by atoms with Crippen molar-refractivity contribution in [3.8, 4) is 0 Å². The molecule has 2 fully saturated rings. The van der Waals surface area contributed by atoms with Crippen molar-refractivity contribution in [1.29, 1.82) is 0 Å². The summed E-state index contributed by atoms with van der Waals surface area (Å²) in [6.45, 7) is 2.04. The Kier molecular flexibility index (Phi) is 5.24. The molecule has 0 radical (unpaired) electrons. The summed E-state index contributed by atoms with van der Waals surface area (Å²) >= 11 is 0. The van der Waals surface area contributed by atoms with Crippen LogP contribution in [0.25, 0.3) is 0 Å². The molecule has 1 aromatic carbocycles. The van der Waals surface area contributed by atoms with Gasteiger partial charge in [-0.3, -0.25) is 19.3 Å². The van der Waals surface area contributed by atoms with Gasteiger partial charge in [0, 0.05) is 0 Å². The number of esters is 1. The number of nitrogens with zero attached hydrogens (tertiary/aromatic N) is 1. The molecule has 2 N–H and O–H groups in total. The summed E-state index contributed by atoms with van der Waals surface area (Å²) in [6, 6.07) is 0.702. The molecule has 29 heavy (non-hydrogen) atoms. The Hall–Kier alpha value is -3.11. The van der Waals surface area contributed by atoms with Gasteiger partial charge in [-0.25, -0.2) is 18.0 Å². The molecule has 0 bridgehead atoms. The summed E-state index contributed by atoms with van der Waals surface area (Å²) in [7, 11) is 0. The summed E-state index contributed by atoms with van der Waals surface area (Å²) in [4.78, 5) is 49.3. The van der Waals surface area contributed by atoms with Gasteiger partial charge in [0.2, 0.25) is 0 Å². The van der Waals surface area contributed by atoms with Crippen LogP contribution in [0.15, 0.2) is 12.1 Å². The summed E-state index contributed by atoms with van der Waals surface area (Å²) < 4.78 is 44.6. The highest BCUT2D eigenvalue weighted by Gasteiger charge is 2.56. The number of rotatable bonds is 6. The number of amides is 4. The minimum Gasteiger partial charge on any atom is -0.451 e. The molecular weight excluding hydrogens is 395 g/mol. The first kappa shape index (κ1) is 20.6. The fourth-order valence-electron chi connectivity index (χ4n) is 3.07. The lowest BCUT2D eigenvalue weighted by molar-refractivity contribution is -0.155. The Morgan fingerprint density at radius 2 is 1.93 bits per heavy atom. The van der Waals surface area contributed by atoms with Gasteiger partial charge in [-0.1, -0.05) is 0 Å². The van der Waals surface area contributed by atoms with Gasteiger partial charge >= 0.3 is 12.0 Å². The van der Waals surface area contributed by atoms with Gasteiger partial charge in [-0.15, -0.1) is 0 Å². The maximum atomic E-state index is 13.6. The predicted octanol–water partition coefficient (Wildman–Crippen LogP) is 1.69. The number of nitrogens with one attached hydrogen (secondary N) is 2. The Balaban J connectivity index is 1.58. The fraction of sp³-hybridized carbons (Fsp3) is 0.444. The van der Waals surface area contributed by atoms with Crippen LogP contribution in [-0.2, 0) is 19.1 Å². The van der Waals surface area contributed by atoms with Crippen molar-refractivity contribution in [2.45, 2.75) is 38.3 Å². The molecule has 1 aromatic rings. The van der Waals surface area contributed by atoms with E-state index >= 15 is 0 Å². The Morgan fingerprint density at radius 1 is 1.28 bits per heavy atom. The van der Waals surface area contributed by atoms with Crippen molar-refractivity contribution in [3.05, 3.63) is 29.6 Å². The number of benzene rings is 1. The van der Waals surface area contributed by atoms with Crippen molar-refractivity contribution in [1.82, 2.24) is 10.2 Å². The zero-order valence-corrected chi connectivity index (χ0v) is 15.6. The molecule has 1 saturated carbocycles. The Bertz CT molecular complexity index is 905. The molecule has 2 atom stereocenters. The number of urea groups is 1. The molecule has 1 heterocycles. The average molecular weight is 413 g/mol. The molecule has 4 amide bonds. The van der Waals surface area contributed by atoms with Gasteiger partial charge in [0.15, 0.2) is 23.6 Å². The number of halogens is 3. The lowest BCUT2D eigenvalue weighted by Gasteiger charge is -2.21. The number of anilines is 1. The molecule has 11 heteroatoms. The van der Waals surface area contributed by atoms with E-state index < -0.39 is 65.1 Å². The van der Waals surface area contributed by atoms with E-state index in [1.165, 1.54) is 0 Å². The molecule has 0 spiro atoms. The van der Waals surface area contributed by atoms with Crippen LogP contribution in [-0.4, -0.2) is 46.9 Å². The zero-order valence-electron chi connectivity index (χ0n) is 15.6. The first-order chi connectivity index (χ1) is 13.5. The second-order valence-corrected chi connectivity index (χ2v) is 7.14. The second-order valence-electron chi connectivity index (χ2n) is 7.14. The molecule has 1 aliphatic carbocycles. The first-order valence-corrected chi connectivity index (χ1v) is 8.82. The molecule has 8 nitrogen and oxygen atoms in total. The van der Waals surface area contributed by atoms with Crippen LogP contribution in [0.3, 0.4) is 0 Å². The molecule has 2 aliphatic rings. The monoisotopic (exact) mass is 413 g/mol. The van der Waals surface area contributed by atoms with Crippen LogP contribution in [0, 0.1) is 23.4 Å². The van der Waals surface area contributed by atoms with Gasteiger partial charge in [0.1, 0.15) is 12.1 Å². The van der Waals surface area contributed by atoms with Crippen molar-refractivity contribution in [2.75, 3.05) is 11.9 Å². The molecule has 156 valence electrons. The van der Waals surface area contributed by atoms with Gasteiger partial charge in [0.25, 0.3) is 11.8 Å². The lowest BCUT2D eigenvalue weighted by Crippen LogP contribution is -2.46. The van der Waals surface area contributed by atoms with Crippen LogP contribution >= 0.6 is 0 Å². The van der Waals surface area contributed by atoms with Crippen molar-refractivity contribution < 1.29 is 37.1 Å². The van der Waals surface area contributed by atoms with E-state index in [0.717, 1.165) is 25.8 Å². The molecule has 3 rings (SSSR count). The first-order valence-electron chi connectivity index (χ1n) is 8.82. The van der Waals surface area contributed by atoms with E-state index in [4.69, 9.17) is 4.74 Å². The minimum atomic E-state index is -1.76. The Labute approximate surface area is 163 Å². The lowest BCUT2D eigenvalue weighted by atomic mass is 9.96. The van der Waals surface area contributed by atoms with Gasteiger partial charge in [-0.05, 0) is 44.7 Å². The van der Waals surface area contributed by atoms with E-state index in [9.17, 15) is 32.3 Å². The van der Waals surface area contributed by atoms with Crippen LogP contribution in [0.2, 0.25) is 0 Å². The minimum absolute atomic E-state index is 0.00988. The van der Waals surface area contributed by atoms with Gasteiger partial charge < -0.3 is 15.4 Å². The number of hydrogen-bond acceptors (Lipinski definition) is 5. The number of carbonyl (C=O) groups is 4. The number of imide groups is 1. The highest BCUT2D eigenvalue weighted by atomic mass is 19.2. The summed E-state index contributed by atoms with van der Waals surface area (Å²) in [6.07, 6.45) is 0.127. The highest BCUT2D eigenvalue weighted by Crippen LogP contribution is 2.42. The molecule has 0 unspecified atom stereocenters. The summed E-state index contributed by atoms with van der Waals surface area (Å²) in [5.41, 5.74) is -1.70. The standard InChI is InChI=1S/C18H18F3N3O5/c1-8(15(26)22-11-6-5-10(19)13(20)14(11)21)29-12(25)7-24-16(27)18(2,9-3-4-9)23-17(24)28/h5-6,8-9H,3-4,7H2,1-2H3,(H,22,26)(H,23,28)/t8-,18+/m0/s1. The SMILES string of the molecule is C[C@H](OC(=O)CN1C(=O)N[C@](C)(C2CC2)C1=O)C(=O)Nc1ccc(F)c(F)c1F. The van der Waals surface area contributed by atoms with Crippen molar-refractivity contribution in [3.63, 3.8) is 0 Å². The number of carbonyl (C=O) groups excluding carboxylic acids is 4. The zero-order chi connectivity index (χ0) is 21.5. The number of ether oxygens (including phenoxy) is 1. The third-order valence-electron chi connectivity index (χ3n) is 4.95. The van der Waals surface area contributed by atoms with Gasteiger partial charge in [-0.2, -0.15) is 0 Å². The van der Waals surface area contributed by atoms with E-state index in [0.29, 0.717) is 11.0 Å². The second kappa shape index (κ2) is 7.37. The molecular formula is C18H18F3N3O5. The molecule has 0 aromatic heterocycles. The largest absolute Gasteiger partial charge is 0.451 e. The van der Waals surface area contributed by atoms with Crippen molar-refractivity contribution >= 4 is 29.5 Å². The van der Waals surface area contributed by atoms with Crippen LogP contribution < -0.4 is 10.6 Å². The molecule has 1 aliphatic heterocycles. The smallest absolute Gasteiger partial charge is 0.327 e. The van der Waals surface area contributed by atoms with Crippen LogP contribution in [0.5, 0.6) is 0 Å². The third kappa shape index (κ3) is 3.89. The Morgan fingerprint density at radius 3 is 2.55 bits per heavy atom. The summed E-state index contributed by atoms with van der Waals surface area (Å²) in [5.74, 6) is -7.38. The number of hydrogen-bond donors (Lipinski definition) is 2. The van der Waals surface area contributed by atoms with Crippen molar-refractivity contribution in [2.24, 2.45) is 5.92 Å². The maximum absolute atomic E-state index is 13.6.